The molecular formula is C21H19N2O. The minimum Gasteiger partial charge on any atom is -0.312 e. The highest BCUT2D eigenvalue weighted by Gasteiger charge is 2.36. The summed E-state index contributed by atoms with van der Waals surface area (Å²) in [5, 5.41) is 4.76. The normalized spacial score (nSPS) is 21.2. The van der Waals surface area contributed by atoms with Gasteiger partial charge in [-0.2, -0.15) is 0 Å². The van der Waals surface area contributed by atoms with Crippen LogP contribution in [0.1, 0.15) is 30.4 Å². The maximum Gasteiger partial charge on any atom is 0.230 e. The molecule has 2 heterocycles. The van der Waals surface area contributed by atoms with Gasteiger partial charge in [-0.1, -0.05) is 36.4 Å². The van der Waals surface area contributed by atoms with E-state index in [0.29, 0.717) is 0 Å². The van der Waals surface area contributed by atoms with Crippen molar-refractivity contribution in [3.8, 4) is 0 Å². The van der Waals surface area contributed by atoms with Crippen molar-refractivity contribution in [2.75, 3.05) is 11.4 Å². The van der Waals surface area contributed by atoms with Gasteiger partial charge in [0, 0.05) is 29.4 Å². The van der Waals surface area contributed by atoms with Crippen molar-refractivity contribution in [1.82, 2.24) is 5.32 Å². The second kappa shape index (κ2) is 5.23. The fraction of sp³-hybridized carbons (Fsp3) is 0.286. The van der Waals surface area contributed by atoms with Crippen LogP contribution in [0.4, 0.5) is 11.4 Å². The van der Waals surface area contributed by atoms with Crippen LogP contribution in [-0.2, 0) is 11.2 Å². The Kier molecular flexibility index (Phi) is 3.02. The zero-order valence-corrected chi connectivity index (χ0v) is 13.5. The second-order valence-corrected chi connectivity index (χ2v) is 6.86. The number of allylic oxidation sites excluding steroid dienone is 2. The Morgan fingerprint density at radius 2 is 1.88 bits per heavy atom. The number of rotatable bonds is 1. The Hall–Kier alpha value is -2.55. The van der Waals surface area contributed by atoms with Gasteiger partial charge in [-0.3, -0.25) is 10.1 Å². The third-order valence-electron chi connectivity index (χ3n) is 5.52. The largest absolute Gasteiger partial charge is 0.312 e. The molecule has 0 spiro atoms. The molecule has 1 radical (unpaired) electrons. The maximum absolute atomic E-state index is 13.1. The van der Waals surface area contributed by atoms with E-state index in [0.717, 1.165) is 43.6 Å². The first-order chi connectivity index (χ1) is 11.8. The van der Waals surface area contributed by atoms with E-state index in [9.17, 15) is 4.79 Å². The van der Waals surface area contributed by atoms with E-state index < -0.39 is 0 Å². The van der Waals surface area contributed by atoms with E-state index in [1.807, 2.05) is 17.0 Å². The minimum absolute atomic E-state index is 0.0799. The maximum atomic E-state index is 13.1. The lowest BCUT2D eigenvalue weighted by atomic mass is 9.84. The van der Waals surface area contributed by atoms with Crippen LogP contribution < -0.4 is 10.2 Å². The van der Waals surface area contributed by atoms with Crippen molar-refractivity contribution in [3.63, 3.8) is 0 Å². The number of nitrogens with zero attached hydrogens (tertiary/aromatic N) is 2. The second-order valence-electron chi connectivity index (χ2n) is 6.86. The number of carbonyl (C=O) groups excluding carboxylic acids is 1. The molecule has 1 amide bonds. The van der Waals surface area contributed by atoms with E-state index >= 15 is 0 Å². The Morgan fingerprint density at radius 3 is 2.83 bits per heavy atom. The van der Waals surface area contributed by atoms with Gasteiger partial charge in [-0.05, 0) is 49.0 Å². The predicted octanol–water partition coefficient (Wildman–Crippen LogP) is 4.04. The summed E-state index contributed by atoms with van der Waals surface area (Å²) >= 11 is 0. The van der Waals surface area contributed by atoms with E-state index in [2.05, 4.69) is 36.4 Å². The quantitative estimate of drug-likeness (QED) is 0.782. The van der Waals surface area contributed by atoms with Crippen LogP contribution in [0.3, 0.4) is 0 Å². The summed E-state index contributed by atoms with van der Waals surface area (Å²) in [5.74, 6) is 0.368. The summed E-state index contributed by atoms with van der Waals surface area (Å²) in [6, 6.07) is 16.6. The number of para-hydroxylation sites is 2. The molecule has 0 bridgehead atoms. The fourth-order valence-corrected chi connectivity index (χ4v) is 4.29. The number of fused-ring (bicyclic) bond motifs is 3. The molecule has 0 aromatic heterocycles. The van der Waals surface area contributed by atoms with Gasteiger partial charge in [0.05, 0.1) is 5.69 Å². The van der Waals surface area contributed by atoms with Crippen molar-refractivity contribution in [3.05, 3.63) is 65.4 Å². The van der Waals surface area contributed by atoms with Crippen molar-refractivity contribution < 1.29 is 4.79 Å². The molecule has 119 valence electrons. The number of anilines is 1. The van der Waals surface area contributed by atoms with Crippen LogP contribution in [0.2, 0.25) is 0 Å². The molecular weight excluding hydrogens is 296 g/mol. The number of carbonyl (C=O) groups is 1. The standard InChI is InChI=1S/C21H19N2O/c24-21(23-12-11-14-5-1-4-8-20(14)23)15-9-10-19-17(13-15)16-6-2-3-7-18(16)22-19/h1-8,15H,9-13H2. The molecule has 2 aromatic carbocycles. The summed E-state index contributed by atoms with van der Waals surface area (Å²) in [6.45, 7) is 0.821. The number of benzene rings is 2. The monoisotopic (exact) mass is 315 g/mol. The summed E-state index contributed by atoms with van der Waals surface area (Å²) in [4.78, 5) is 15.1. The van der Waals surface area contributed by atoms with Gasteiger partial charge in [-0.25, -0.2) is 0 Å². The van der Waals surface area contributed by atoms with Gasteiger partial charge in [0.1, 0.15) is 0 Å². The number of hydrogen-bond acceptors (Lipinski definition) is 1. The molecule has 1 unspecified atom stereocenters. The smallest absolute Gasteiger partial charge is 0.230 e. The van der Waals surface area contributed by atoms with Gasteiger partial charge in [0.25, 0.3) is 0 Å². The predicted molar refractivity (Wildman–Crippen MR) is 95.0 cm³/mol. The number of amides is 1. The molecule has 24 heavy (non-hydrogen) atoms. The highest BCUT2D eigenvalue weighted by molar-refractivity contribution is 5.98. The molecule has 0 saturated carbocycles. The third-order valence-corrected chi connectivity index (χ3v) is 5.52. The summed E-state index contributed by atoms with van der Waals surface area (Å²) < 4.78 is 0. The Balaban J connectivity index is 1.41. The summed E-state index contributed by atoms with van der Waals surface area (Å²) in [7, 11) is 0. The summed E-state index contributed by atoms with van der Waals surface area (Å²) in [6.07, 6.45) is 3.62. The average Bonchev–Trinajstić information content (AvgIpc) is 3.22. The van der Waals surface area contributed by atoms with Crippen LogP contribution in [0.15, 0.2) is 54.2 Å². The SMILES string of the molecule is O=C(C1CCC2=C(C1)c1ccccc1[N]2)N1CCc2ccccc21. The van der Waals surface area contributed by atoms with Gasteiger partial charge >= 0.3 is 0 Å². The van der Waals surface area contributed by atoms with E-state index in [1.54, 1.807) is 0 Å². The van der Waals surface area contributed by atoms with Crippen LogP contribution in [0.5, 0.6) is 0 Å². The Morgan fingerprint density at radius 1 is 1.04 bits per heavy atom. The lowest BCUT2D eigenvalue weighted by Gasteiger charge is -2.27. The Labute approximate surface area is 142 Å². The molecule has 0 fully saturated rings. The highest BCUT2D eigenvalue weighted by Crippen LogP contribution is 2.44. The molecule has 0 saturated heterocycles. The van der Waals surface area contributed by atoms with Crippen LogP contribution in [-0.4, -0.2) is 12.5 Å². The molecule has 3 aliphatic rings. The van der Waals surface area contributed by atoms with Gasteiger partial charge in [-0.15, -0.1) is 0 Å². The van der Waals surface area contributed by atoms with Crippen molar-refractivity contribution in [2.45, 2.75) is 25.7 Å². The van der Waals surface area contributed by atoms with Crippen LogP contribution >= 0.6 is 0 Å². The first kappa shape index (κ1) is 13.8. The lowest BCUT2D eigenvalue weighted by Crippen LogP contribution is -2.36. The molecule has 1 atom stereocenters. The van der Waals surface area contributed by atoms with Gasteiger partial charge in [0.2, 0.25) is 5.91 Å². The average molecular weight is 315 g/mol. The lowest BCUT2D eigenvalue weighted by molar-refractivity contribution is -0.122. The zero-order valence-electron chi connectivity index (χ0n) is 13.5. The van der Waals surface area contributed by atoms with Gasteiger partial charge in [0.15, 0.2) is 0 Å². The molecule has 0 N–H and O–H groups in total. The van der Waals surface area contributed by atoms with Gasteiger partial charge < -0.3 is 4.90 Å². The first-order valence-corrected chi connectivity index (χ1v) is 8.74. The zero-order chi connectivity index (χ0) is 16.1. The molecule has 5 rings (SSSR count). The fourth-order valence-electron chi connectivity index (χ4n) is 4.29. The van der Waals surface area contributed by atoms with E-state index in [4.69, 9.17) is 5.32 Å². The minimum atomic E-state index is 0.0799. The number of hydrogen-bond donors (Lipinski definition) is 0. The topological polar surface area (TPSA) is 34.4 Å². The van der Waals surface area contributed by atoms with Crippen molar-refractivity contribution >= 4 is 22.9 Å². The third kappa shape index (κ3) is 2.01. The molecule has 3 nitrogen and oxygen atoms in total. The highest BCUT2D eigenvalue weighted by atomic mass is 16.2. The van der Waals surface area contributed by atoms with E-state index in [-0.39, 0.29) is 11.8 Å². The van der Waals surface area contributed by atoms with Crippen LogP contribution in [0.25, 0.3) is 5.57 Å². The first-order valence-electron chi connectivity index (χ1n) is 8.74. The van der Waals surface area contributed by atoms with Crippen molar-refractivity contribution in [1.29, 1.82) is 0 Å². The molecule has 2 aromatic rings. The molecule has 3 heteroatoms. The molecule has 2 aliphatic heterocycles. The van der Waals surface area contributed by atoms with Crippen LogP contribution in [0, 0.1) is 5.92 Å². The van der Waals surface area contributed by atoms with Crippen molar-refractivity contribution in [2.24, 2.45) is 5.92 Å². The van der Waals surface area contributed by atoms with E-state index in [1.165, 1.54) is 22.4 Å². The summed E-state index contributed by atoms with van der Waals surface area (Å²) in [5.41, 5.74) is 7.19. The molecule has 1 aliphatic carbocycles. The Bertz CT molecular complexity index is 868.